The third-order valence-electron chi connectivity index (χ3n) is 2.35. The number of aliphatic hydroxyl groups is 1. The molecule has 1 rings (SSSR count). The summed E-state index contributed by atoms with van der Waals surface area (Å²) < 4.78 is 20.9. The average molecular weight is 335 g/mol. The lowest BCUT2D eigenvalue weighted by molar-refractivity contribution is -0.158. The van der Waals surface area contributed by atoms with E-state index < -0.39 is 16.7 Å². The van der Waals surface area contributed by atoms with Gasteiger partial charge in [0.2, 0.25) is 0 Å². The summed E-state index contributed by atoms with van der Waals surface area (Å²) in [6.07, 6.45) is -1.64. The Kier molecular flexibility index (Phi) is 6.41. The van der Waals surface area contributed by atoms with Crippen molar-refractivity contribution < 1.29 is 23.8 Å². The molecular formula is C13H16BrFO4. The van der Waals surface area contributed by atoms with E-state index in [9.17, 15) is 14.3 Å². The molecule has 1 N–H and O–H groups in total. The molecule has 0 aliphatic rings. The van der Waals surface area contributed by atoms with E-state index in [4.69, 9.17) is 4.74 Å². The smallest absolute Gasteiger partial charge is 0.358 e. The summed E-state index contributed by atoms with van der Waals surface area (Å²) in [5.74, 6) is -1.16. The van der Waals surface area contributed by atoms with Crippen molar-refractivity contribution in [2.75, 3.05) is 13.2 Å². The van der Waals surface area contributed by atoms with Gasteiger partial charge in [0.15, 0.2) is 0 Å². The number of alkyl halides is 2. The molecule has 0 amide bonds. The van der Waals surface area contributed by atoms with Gasteiger partial charge >= 0.3 is 5.97 Å². The average Bonchev–Trinajstić information content (AvgIpc) is 2.40. The first-order valence-electron chi connectivity index (χ1n) is 5.83. The Hall–Kier alpha value is -0.980. The molecule has 1 aromatic rings. The summed E-state index contributed by atoms with van der Waals surface area (Å²) in [5.41, 5.74) is 0.893. The van der Waals surface area contributed by atoms with Crippen LogP contribution in [0.1, 0.15) is 12.5 Å². The lowest BCUT2D eigenvalue weighted by Gasteiger charge is -2.22. The Labute approximate surface area is 119 Å². The van der Waals surface area contributed by atoms with E-state index in [2.05, 4.69) is 20.7 Å². The molecule has 106 valence electrons. The molecule has 0 saturated carbocycles. The summed E-state index contributed by atoms with van der Waals surface area (Å²) in [6, 6.07) is 9.24. The van der Waals surface area contributed by atoms with Gasteiger partial charge in [0.05, 0.1) is 19.8 Å². The molecule has 0 saturated heterocycles. The Morgan fingerprint density at radius 3 is 2.68 bits per heavy atom. The molecule has 2 atom stereocenters. The quantitative estimate of drug-likeness (QED) is 0.613. The van der Waals surface area contributed by atoms with Crippen LogP contribution < -0.4 is 0 Å². The normalized spacial score (nSPS) is 15.6. The van der Waals surface area contributed by atoms with Crippen LogP contribution in [0.2, 0.25) is 0 Å². The van der Waals surface area contributed by atoms with Crippen molar-refractivity contribution in [3.8, 4) is 0 Å². The van der Waals surface area contributed by atoms with Crippen LogP contribution in [-0.2, 0) is 20.9 Å². The maximum Gasteiger partial charge on any atom is 0.358 e. The lowest BCUT2D eigenvalue weighted by Crippen LogP contribution is -2.43. The number of rotatable bonds is 7. The van der Waals surface area contributed by atoms with Crippen LogP contribution in [0.25, 0.3) is 0 Å². The van der Waals surface area contributed by atoms with Gasteiger partial charge in [-0.05, 0) is 28.4 Å². The highest BCUT2D eigenvalue weighted by Gasteiger charge is 2.45. The number of ether oxygens (including phenoxy) is 2. The van der Waals surface area contributed by atoms with E-state index >= 15 is 0 Å². The van der Waals surface area contributed by atoms with E-state index in [1.54, 1.807) is 6.92 Å². The second kappa shape index (κ2) is 7.57. The summed E-state index contributed by atoms with van der Waals surface area (Å²) in [6.45, 7) is 1.49. The van der Waals surface area contributed by atoms with Gasteiger partial charge in [-0.1, -0.05) is 30.3 Å². The van der Waals surface area contributed by atoms with Crippen LogP contribution in [0.5, 0.6) is 0 Å². The number of aliphatic hydroxyl groups excluding tert-OH is 1. The molecular weight excluding hydrogens is 319 g/mol. The van der Waals surface area contributed by atoms with Gasteiger partial charge < -0.3 is 14.6 Å². The number of halogens is 2. The summed E-state index contributed by atoms with van der Waals surface area (Å²) >= 11 is 2.53. The number of esters is 1. The van der Waals surface area contributed by atoms with Gasteiger partial charge in [0.1, 0.15) is 6.10 Å². The van der Waals surface area contributed by atoms with E-state index in [0.29, 0.717) is 0 Å². The van der Waals surface area contributed by atoms with Crippen LogP contribution >= 0.6 is 15.9 Å². The summed E-state index contributed by atoms with van der Waals surface area (Å²) in [5, 5.41) is 9.60. The number of benzene rings is 1. The van der Waals surface area contributed by atoms with Gasteiger partial charge in [0, 0.05) is 0 Å². The van der Waals surface area contributed by atoms with Crippen molar-refractivity contribution in [3.63, 3.8) is 0 Å². The zero-order valence-electron chi connectivity index (χ0n) is 10.5. The van der Waals surface area contributed by atoms with Crippen molar-refractivity contribution in [1.29, 1.82) is 0 Å². The zero-order chi connectivity index (χ0) is 14.3. The molecule has 6 heteroatoms. The predicted octanol–water partition coefficient (Wildman–Crippen LogP) is 2.19. The van der Waals surface area contributed by atoms with Crippen molar-refractivity contribution in [1.82, 2.24) is 0 Å². The Morgan fingerprint density at radius 1 is 1.47 bits per heavy atom. The van der Waals surface area contributed by atoms with Crippen LogP contribution in [0.4, 0.5) is 4.39 Å². The third-order valence-corrected chi connectivity index (χ3v) is 3.21. The Balaban J connectivity index is 2.42. The lowest BCUT2D eigenvalue weighted by atomic mass is 10.2. The van der Waals surface area contributed by atoms with Gasteiger partial charge in [0.25, 0.3) is 4.58 Å². The fourth-order valence-corrected chi connectivity index (χ4v) is 1.58. The Morgan fingerprint density at radius 2 is 2.11 bits per heavy atom. The van der Waals surface area contributed by atoms with Crippen LogP contribution in [0.15, 0.2) is 30.3 Å². The minimum Gasteiger partial charge on any atom is -0.463 e. The Bertz CT molecular complexity index is 397. The highest BCUT2D eigenvalue weighted by Crippen LogP contribution is 2.27. The number of hydrogen-bond acceptors (Lipinski definition) is 4. The molecule has 0 aliphatic heterocycles. The minimum atomic E-state index is -2.65. The van der Waals surface area contributed by atoms with Gasteiger partial charge in [-0.15, -0.1) is 0 Å². The fraction of sp³-hybridized carbons (Fsp3) is 0.462. The molecule has 19 heavy (non-hydrogen) atoms. The van der Waals surface area contributed by atoms with Crippen molar-refractivity contribution >= 4 is 21.9 Å². The molecule has 0 bridgehead atoms. The number of hydrogen-bond donors (Lipinski definition) is 1. The molecule has 0 aliphatic carbocycles. The molecule has 0 fully saturated rings. The summed E-state index contributed by atoms with van der Waals surface area (Å²) in [4.78, 5) is 11.3. The minimum absolute atomic E-state index is 0.0354. The first-order chi connectivity index (χ1) is 8.98. The first kappa shape index (κ1) is 16.1. The van der Waals surface area contributed by atoms with Crippen molar-refractivity contribution in [2.45, 2.75) is 24.2 Å². The maximum absolute atomic E-state index is 13.9. The van der Waals surface area contributed by atoms with Crippen molar-refractivity contribution in [2.24, 2.45) is 0 Å². The molecule has 0 spiro atoms. The molecule has 1 aromatic carbocycles. The standard InChI is InChI=1S/C13H16BrFO4/c1-2-19-12(17)13(14,15)11(16)9-18-8-10-6-4-3-5-7-10/h3-7,11,16H,2,8-9H2,1H3/t11-,13+/m1/s1. The topological polar surface area (TPSA) is 55.8 Å². The van der Waals surface area contributed by atoms with Gasteiger partial charge in [-0.25, -0.2) is 9.18 Å². The van der Waals surface area contributed by atoms with Gasteiger partial charge in [-0.3, -0.25) is 0 Å². The third kappa shape index (κ3) is 4.89. The van der Waals surface area contributed by atoms with E-state index in [-0.39, 0.29) is 19.8 Å². The zero-order valence-corrected chi connectivity index (χ0v) is 12.1. The second-order valence-corrected chi connectivity index (χ2v) is 5.01. The highest BCUT2D eigenvalue weighted by atomic mass is 79.9. The fourth-order valence-electron chi connectivity index (χ4n) is 1.33. The molecule has 0 unspecified atom stereocenters. The van der Waals surface area contributed by atoms with Crippen LogP contribution in [0, 0.1) is 0 Å². The molecule has 4 nitrogen and oxygen atoms in total. The van der Waals surface area contributed by atoms with Crippen LogP contribution in [-0.4, -0.2) is 35.0 Å². The highest BCUT2D eigenvalue weighted by molar-refractivity contribution is 9.10. The van der Waals surface area contributed by atoms with E-state index in [1.807, 2.05) is 30.3 Å². The first-order valence-corrected chi connectivity index (χ1v) is 6.62. The van der Waals surface area contributed by atoms with E-state index in [1.165, 1.54) is 0 Å². The monoisotopic (exact) mass is 334 g/mol. The van der Waals surface area contributed by atoms with Crippen LogP contribution in [0.3, 0.4) is 0 Å². The van der Waals surface area contributed by atoms with E-state index in [0.717, 1.165) is 5.56 Å². The predicted molar refractivity (Wildman–Crippen MR) is 71.5 cm³/mol. The molecule has 0 heterocycles. The number of carbonyl (C=O) groups is 1. The largest absolute Gasteiger partial charge is 0.463 e. The SMILES string of the molecule is CCOC(=O)[C@](F)(Br)[C@H](O)COCc1ccccc1. The summed E-state index contributed by atoms with van der Waals surface area (Å²) in [7, 11) is 0. The van der Waals surface area contributed by atoms with Crippen molar-refractivity contribution in [3.05, 3.63) is 35.9 Å². The molecule has 0 aromatic heterocycles. The van der Waals surface area contributed by atoms with Gasteiger partial charge in [-0.2, -0.15) is 0 Å². The number of carbonyl (C=O) groups excluding carboxylic acids is 1. The second-order valence-electron chi connectivity index (χ2n) is 3.86. The maximum atomic E-state index is 13.9. The molecule has 0 radical (unpaired) electrons.